The van der Waals surface area contributed by atoms with Crippen molar-refractivity contribution in [1.29, 1.82) is 0 Å². The van der Waals surface area contributed by atoms with Crippen LogP contribution in [0.4, 0.5) is 5.69 Å². The Bertz CT molecular complexity index is 1160. The minimum Gasteiger partial charge on any atom is -0.484 e. The van der Waals surface area contributed by atoms with Crippen LogP contribution in [0.1, 0.15) is 16.7 Å². The van der Waals surface area contributed by atoms with Gasteiger partial charge in [-0.15, -0.1) is 0 Å². The van der Waals surface area contributed by atoms with Gasteiger partial charge in [-0.25, -0.2) is 8.42 Å². The van der Waals surface area contributed by atoms with E-state index in [1.54, 1.807) is 31.2 Å². The first-order valence-electron chi connectivity index (χ1n) is 9.29. The van der Waals surface area contributed by atoms with Gasteiger partial charge in [0.25, 0.3) is 15.9 Å². The van der Waals surface area contributed by atoms with Crippen LogP contribution >= 0.6 is 11.6 Å². The molecule has 0 aromatic heterocycles. The molecule has 0 aliphatic rings. The first-order chi connectivity index (χ1) is 14.2. The summed E-state index contributed by atoms with van der Waals surface area (Å²) in [5.41, 5.74) is 2.83. The highest BCUT2D eigenvalue weighted by atomic mass is 35.5. The number of carbonyl (C=O) groups excluding carboxylic acids is 1. The fraction of sp³-hybridized carbons (Fsp3) is 0.174. The lowest BCUT2D eigenvalue weighted by Crippen LogP contribution is -2.40. The number of anilines is 1. The van der Waals surface area contributed by atoms with Gasteiger partial charge >= 0.3 is 0 Å². The number of nitrogens with zero attached hydrogens (tertiary/aromatic N) is 1. The first-order valence-corrected chi connectivity index (χ1v) is 11.1. The van der Waals surface area contributed by atoms with E-state index in [0.29, 0.717) is 22.0 Å². The lowest BCUT2D eigenvalue weighted by atomic mass is 10.1. The fourth-order valence-electron chi connectivity index (χ4n) is 2.89. The standard InChI is InChI=1S/C23H22ClNO4S/c1-16-5-10-20(11-6-16)29-15-23(26)25(22-14-17(2)4-7-18(22)3)30(27,28)21-12-8-19(24)9-13-21/h4-14H,15H2,1-3H3. The largest absolute Gasteiger partial charge is 0.484 e. The maximum atomic E-state index is 13.4. The molecule has 156 valence electrons. The molecule has 3 aromatic rings. The van der Waals surface area contributed by atoms with Gasteiger partial charge in [0.15, 0.2) is 6.61 Å². The minimum atomic E-state index is -4.18. The van der Waals surface area contributed by atoms with Crippen LogP contribution in [-0.2, 0) is 14.8 Å². The molecule has 5 nitrogen and oxygen atoms in total. The summed E-state index contributed by atoms with van der Waals surface area (Å²) in [6.07, 6.45) is 0. The Balaban J connectivity index is 2.00. The second kappa shape index (κ2) is 8.90. The molecule has 3 rings (SSSR count). The van der Waals surface area contributed by atoms with Crippen LogP contribution in [0.25, 0.3) is 0 Å². The van der Waals surface area contributed by atoms with Crippen molar-refractivity contribution in [3.63, 3.8) is 0 Å². The third kappa shape index (κ3) is 4.83. The van der Waals surface area contributed by atoms with Crippen molar-refractivity contribution >= 4 is 33.2 Å². The average molecular weight is 444 g/mol. The molecule has 0 fully saturated rings. The third-order valence-corrected chi connectivity index (χ3v) is 6.55. The summed E-state index contributed by atoms with van der Waals surface area (Å²) in [5.74, 6) is -0.210. The number of amides is 1. The Morgan fingerprint density at radius 2 is 1.50 bits per heavy atom. The predicted molar refractivity (Wildman–Crippen MR) is 119 cm³/mol. The quantitative estimate of drug-likeness (QED) is 0.533. The number of ether oxygens (including phenoxy) is 1. The van der Waals surface area contributed by atoms with Crippen molar-refractivity contribution in [3.05, 3.63) is 88.4 Å². The molecule has 0 saturated carbocycles. The van der Waals surface area contributed by atoms with E-state index >= 15 is 0 Å². The Labute approximate surface area is 181 Å². The molecule has 0 radical (unpaired) electrons. The van der Waals surface area contributed by atoms with Crippen LogP contribution in [0, 0.1) is 20.8 Å². The van der Waals surface area contributed by atoms with E-state index in [1.165, 1.54) is 24.3 Å². The minimum absolute atomic E-state index is 0.0310. The summed E-state index contributed by atoms with van der Waals surface area (Å²) >= 11 is 5.90. The van der Waals surface area contributed by atoms with Crippen molar-refractivity contribution in [2.75, 3.05) is 10.9 Å². The molecule has 0 spiro atoms. The van der Waals surface area contributed by atoms with Gasteiger partial charge < -0.3 is 4.74 Å². The second-order valence-electron chi connectivity index (χ2n) is 7.01. The molecule has 0 unspecified atom stereocenters. The van der Waals surface area contributed by atoms with Gasteiger partial charge in [0.2, 0.25) is 0 Å². The van der Waals surface area contributed by atoms with Gasteiger partial charge in [-0.3, -0.25) is 4.79 Å². The van der Waals surface area contributed by atoms with Gasteiger partial charge in [-0.05, 0) is 74.4 Å². The normalized spacial score (nSPS) is 11.2. The van der Waals surface area contributed by atoms with Gasteiger partial charge in [-0.2, -0.15) is 4.31 Å². The zero-order valence-corrected chi connectivity index (χ0v) is 18.5. The molecule has 0 N–H and O–H groups in total. The Morgan fingerprint density at radius 1 is 0.900 bits per heavy atom. The smallest absolute Gasteiger partial charge is 0.278 e. The van der Waals surface area contributed by atoms with Crippen molar-refractivity contribution in [2.24, 2.45) is 0 Å². The van der Waals surface area contributed by atoms with E-state index in [-0.39, 0.29) is 4.90 Å². The summed E-state index contributed by atoms with van der Waals surface area (Å²) in [7, 11) is -4.18. The number of halogens is 1. The number of benzene rings is 3. The number of sulfonamides is 1. The third-order valence-electron chi connectivity index (χ3n) is 4.55. The van der Waals surface area contributed by atoms with E-state index in [9.17, 15) is 13.2 Å². The molecule has 0 saturated heterocycles. The zero-order valence-electron chi connectivity index (χ0n) is 16.9. The average Bonchev–Trinajstić information content (AvgIpc) is 2.70. The van der Waals surface area contributed by atoms with Gasteiger partial charge in [0.1, 0.15) is 5.75 Å². The molecular weight excluding hydrogens is 422 g/mol. The summed E-state index contributed by atoms with van der Waals surface area (Å²) in [4.78, 5) is 13.1. The summed E-state index contributed by atoms with van der Waals surface area (Å²) in [6, 6.07) is 18.2. The maximum absolute atomic E-state index is 13.4. The Morgan fingerprint density at radius 3 is 2.13 bits per heavy atom. The van der Waals surface area contributed by atoms with Gasteiger partial charge in [0.05, 0.1) is 10.6 Å². The van der Waals surface area contributed by atoms with E-state index in [4.69, 9.17) is 16.3 Å². The summed E-state index contributed by atoms with van der Waals surface area (Å²) in [5, 5.41) is 0.404. The van der Waals surface area contributed by atoms with Crippen LogP contribution in [0.15, 0.2) is 71.6 Å². The number of aryl methyl sites for hydroxylation is 3. The summed E-state index contributed by atoms with van der Waals surface area (Å²) < 4.78 is 33.2. The van der Waals surface area contributed by atoms with E-state index < -0.39 is 22.5 Å². The van der Waals surface area contributed by atoms with E-state index in [0.717, 1.165) is 15.4 Å². The van der Waals surface area contributed by atoms with Gasteiger partial charge in [-0.1, -0.05) is 41.4 Å². The molecule has 0 heterocycles. The molecule has 3 aromatic carbocycles. The maximum Gasteiger partial charge on any atom is 0.278 e. The van der Waals surface area contributed by atoms with Gasteiger partial charge in [0, 0.05) is 5.02 Å². The fourth-order valence-corrected chi connectivity index (χ4v) is 4.48. The predicted octanol–water partition coefficient (Wildman–Crippen LogP) is 5.07. The van der Waals surface area contributed by atoms with E-state index in [2.05, 4.69) is 0 Å². The highest BCUT2D eigenvalue weighted by molar-refractivity contribution is 7.93. The van der Waals surface area contributed by atoms with Crippen molar-refractivity contribution in [2.45, 2.75) is 25.7 Å². The Hall–Kier alpha value is -2.83. The van der Waals surface area contributed by atoms with Crippen molar-refractivity contribution in [1.82, 2.24) is 0 Å². The van der Waals surface area contributed by atoms with Crippen molar-refractivity contribution < 1.29 is 17.9 Å². The SMILES string of the molecule is Cc1ccc(OCC(=O)N(c2cc(C)ccc2C)S(=O)(=O)c2ccc(Cl)cc2)cc1. The lowest BCUT2D eigenvalue weighted by Gasteiger charge is -2.24. The number of hydrogen-bond donors (Lipinski definition) is 0. The molecule has 0 bridgehead atoms. The number of hydrogen-bond acceptors (Lipinski definition) is 4. The Kier molecular flexibility index (Phi) is 6.48. The monoisotopic (exact) mass is 443 g/mol. The molecule has 0 aliphatic carbocycles. The number of carbonyl (C=O) groups is 1. The van der Waals surface area contributed by atoms with Crippen LogP contribution in [0.3, 0.4) is 0 Å². The van der Waals surface area contributed by atoms with Crippen molar-refractivity contribution in [3.8, 4) is 5.75 Å². The number of rotatable bonds is 6. The first kappa shape index (κ1) is 21.9. The zero-order chi connectivity index (χ0) is 21.9. The summed E-state index contributed by atoms with van der Waals surface area (Å²) in [6.45, 7) is 5.11. The topological polar surface area (TPSA) is 63.7 Å². The molecular formula is C23H22ClNO4S. The van der Waals surface area contributed by atoms with Crippen LogP contribution in [0.2, 0.25) is 5.02 Å². The lowest BCUT2D eigenvalue weighted by molar-refractivity contribution is -0.119. The second-order valence-corrected chi connectivity index (χ2v) is 9.23. The van der Waals surface area contributed by atoms with E-state index in [1.807, 2.05) is 32.0 Å². The van der Waals surface area contributed by atoms with Crippen LogP contribution in [0.5, 0.6) is 5.75 Å². The molecule has 7 heteroatoms. The van der Waals surface area contributed by atoms with Crippen LogP contribution < -0.4 is 9.04 Å². The van der Waals surface area contributed by atoms with Crippen LogP contribution in [-0.4, -0.2) is 20.9 Å². The highest BCUT2D eigenvalue weighted by Crippen LogP contribution is 2.29. The highest BCUT2D eigenvalue weighted by Gasteiger charge is 2.32. The molecule has 0 aliphatic heterocycles. The molecule has 0 atom stereocenters. The molecule has 1 amide bonds. The molecule has 30 heavy (non-hydrogen) atoms.